The Morgan fingerprint density at radius 2 is 2.00 bits per heavy atom. The van der Waals surface area contributed by atoms with E-state index in [-0.39, 0.29) is 5.82 Å². The number of benzene rings is 1. The Kier molecular flexibility index (Phi) is 3.09. The van der Waals surface area contributed by atoms with Crippen molar-refractivity contribution in [2.24, 2.45) is 0 Å². The van der Waals surface area contributed by atoms with Gasteiger partial charge < -0.3 is 14.8 Å². The van der Waals surface area contributed by atoms with Crippen LogP contribution < -0.4 is 10.3 Å². The first-order chi connectivity index (χ1) is 8.60. The molecule has 0 bridgehead atoms. The number of nitrogens with zero attached hydrogens (tertiary/aromatic N) is 1. The van der Waals surface area contributed by atoms with Crippen molar-refractivity contribution in [2.75, 3.05) is 7.11 Å². The van der Waals surface area contributed by atoms with Gasteiger partial charge in [-0.1, -0.05) is 0 Å². The van der Waals surface area contributed by atoms with Crippen LogP contribution in [0.2, 0.25) is 0 Å². The molecule has 2 rings (SSSR count). The quantitative estimate of drug-likeness (QED) is 0.847. The highest BCUT2D eigenvalue weighted by Crippen LogP contribution is 2.19. The van der Waals surface area contributed by atoms with Crippen molar-refractivity contribution in [3.63, 3.8) is 0 Å². The van der Waals surface area contributed by atoms with Crippen LogP contribution >= 0.6 is 0 Å². The lowest BCUT2D eigenvalue weighted by Crippen LogP contribution is -2.15. The molecule has 1 aromatic heterocycles. The predicted molar refractivity (Wildman–Crippen MR) is 63.8 cm³/mol. The Morgan fingerprint density at radius 3 is 2.56 bits per heavy atom. The number of rotatable bonds is 3. The molecule has 0 saturated heterocycles. The van der Waals surface area contributed by atoms with Gasteiger partial charge in [0.05, 0.1) is 12.8 Å². The summed E-state index contributed by atoms with van der Waals surface area (Å²) in [5.74, 6) is -0.988. The summed E-state index contributed by atoms with van der Waals surface area (Å²) in [6.45, 7) is 0. The van der Waals surface area contributed by atoms with Gasteiger partial charge >= 0.3 is 5.97 Å². The minimum atomic E-state index is -1.28. The summed E-state index contributed by atoms with van der Waals surface area (Å²) in [7, 11) is 1.54. The van der Waals surface area contributed by atoms with E-state index < -0.39 is 11.5 Å². The Morgan fingerprint density at radius 1 is 1.33 bits per heavy atom. The molecule has 2 N–H and O–H groups in total. The van der Waals surface area contributed by atoms with Gasteiger partial charge in [0.15, 0.2) is 0 Å². The molecule has 1 heterocycles. The molecular weight excluding hydrogens is 236 g/mol. The fraction of sp³-hybridized carbons (Fsp3) is 0.0833. The highest BCUT2D eigenvalue weighted by atomic mass is 16.5. The largest absolute Gasteiger partial charge is 0.497 e. The maximum atomic E-state index is 11.3. The van der Waals surface area contributed by atoms with Gasteiger partial charge in [-0.3, -0.25) is 4.79 Å². The Balaban J connectivity index is 2.49. The fourth-order valence-electron chi connectivity index (χ4n) is 1.47. The van der Waals surface area contributed by atoms with Crippen molar-refractivity contribution in [1.82, 2.24) is 9.97 Å². The van der Waals surface area contributed by atoms with Crippen LogP contribution in [0.1, 0.15) is 10.6 Å². The second kappa shape index (κ2) is 4.70. The van der Waals surface area contributed by atoms with Crippen LogP contribution in [0.15, 0.2) is 35.1 Å². The van der Waals surface area contributed by atoms with Crippen LogP contribution in [0.5, 0.6) is 5.75 Å². The van der Waals surface area contributed by atoms with E-state index >= 15 is 0 Å². The molecule has 1 aromatic carbocycles. The highest BCUT2D eigenvalue weighted by Gasteiger charge is 2.09. The van der Waals surface area contributed by atoms with E-state index in [4.69, 9.17) is 9.84 Å². The van der Waals surface area contributed by atoms with E-state index in [1.165, 1.54) is 6.07 Å². The number of carboxylic acids is 1. The Bertz CT molecular complexity index is 631. The summed E-state index contributed by atoms with van der Waals surface area (Å²) < 4.78 is 5.01. The summed E-state index contributed by atoms with van der Waals surface area (Å²) in [5, 5.41) is 8.81. The third-order valence-electron chi connectivity index (χ3n) is 2.33. The zero-order valence-electron chi connectivity index (χ0n) is 9.51. The third kappa shape index (κ3) is 2.37. The van der Waals surface area contributed by atoms with Gasteiger partial charge in [0.1, 0.15) is 5.75 Å². The molecule has 0 aliphatic heterocycles. The summed E-state index contributed by atoms with van der Waals surface area (Å²) in [6, 6.07) is 8.06. The number of hydrogen-bond donors (Lipinski definition) is 2. The standard InChI is InChI=1S/C12H10N2O4/c1-18-8-4-2-7(3-5-8)9-6-10(15)14-11(13-9)12(16)17/h2-6H,1H3,(H,16,17)(H,13,14,15). The molecule has 0 spiro atoms. The average molecular weight is 246 g/mol. The summed E-state index contributed by atoms with van der Waals surface area (Å²) in [5.41, 5.74) is 0.441. The molecule has 0 unspecified atom stereocenters. The van der Waals surface area contributed by atoms with Crippen molar-refractivity contribution in [2.45, 2.75) is 0 Å². The maximum Gasteiger partial charge on any atom is 0.372 e. The number of aromatic amines is 1. The first kappa shape index (κ1) is 11.8. The number of aromatic nitrogens is 2. The number of ether oxygens (including phenoxy) is 1. The summed E-state index contributed by atoms with van der Waals surface area (Å²) in [4.78, 5) is 28.1. The lowest BCUT2D eigenvalue weighted by molar-refractivity contribution is 0.0683. The third-order valence-corrected chi connectivity index (χ3v) is 2.33. The second-order valence-electron chi connectivity index (χ2n) is 3.51. The topological polar surface area (TPSA) is 92.3 Å². The van der Waals surface area contributed by atoms with Crippen LogP contribution in [-0.4, -0.2) is 28.2 Å². The number of methoxy groups -OCH3 is 1. The normalized spacial score (nSPS) is 10.1. The van der Waals surface area contributed by atoms with Crippen molar-refractivity contribution in [3.8, 4) is 17.0 Å². The van der Waals surface area contributed by atoms with Gasteiger partial charge in [0, 0.05) is 11.6 Å². The monoisotopic (exact) mass is 246 g/mol. The Hall–Kier alpha value is -2.63. The predicted octanol–water partition coefficient (Wildman–Crippen LogP) is 1.14. The van der Waals surface area contributed by atoms with Crippen molar-refractivity contribution < 1.29 is 14.6 Å². The van der Waals surface area contributed by atoms with Crippen LogP contribution in [0.4, 0.5) is 0 Å². The SMILES string of the molecule is COc1ccc(-c2cc(=O)[nH]c(C(=O)O)n2)cc1. The number of carbonyl (C=O) groups is 1. The molecule has 18 heavy (non-hydrogen) atoms. The van der Waals surface area contributed by atoms with E-state index in [0.717, 1.165) is 0 Å². The molecule has 0 aliphatic carbocycles. The molecule has 0 radical (unpaired) electrons. The van der Waals surface area contributed by atoms with Crippen LogP contribution in [-0.2, 0) is 0 Å². The smallest absolute Gasteiger partial charge is 0.372 e. The highest BCUT2D eigenvalue weighted by molar-refractivity contribution is 5.83. The molecule has 0 amide bonds. The second-order valence-corrected chi connectivity index (χ2v) is 3.51. The maximum absolute atomic E-state index is 11.3. The summed E-state index contributed by atoms with van der Waals surface area (Å²) in [6.07, 6.45) is 0. The van der Waals surface area contributed by atoms with Crippen LogP contribution in [0.25, 0.3) is 11.3 Å². The van der Waals surface area contributed by atoms with Crippen molar-refractivity contribution in [1.29, 1.82) is 0 Å². The van der Waals surface area contributed by atoms with Gasteiger partial charge in [-0.05, 0) is 24.3 Å². The van der Waals surface area contributed by atoms with Crippen molar-refractivity contribution in [3.05, 3.63) is 46.5 Å². The van der Waals surface area contributed by atoms with E-state index in [2.05, 4.69) is 9.97 Å². The number of carboxylic acid groups (broad SMARTS) is 1. The van der Waals surface area contributed by atoms with Gasteiger partial charge in [-0.25, -0.2) is 9.78 Å². The van der Waals surface area contributed by atoms with Crippen LogP contribution in [0, 0.1) is 0 Å². The van der Waals surface area contributed by atoms with Gasteiger partial charge in [-0.2, -0.15) is 0 Å². The molecule has 6 nitrogen and oxygen atoms in total. The molecule has 0 aliphatic rings. The zero-order valence-corrected chi connectivity index (χ0v) is 9.51. The van der Waals surface area contributed by atoms with E-state index in [0.29, 0.717) is 17.0 Å². The molecule has 0 saturated carbocycles. The van der Waals surface area contributed by atoms with Gasteiger partial charge in [-0.15, -0.1) is 0 Å². The van der Waals surface area contributed by atoms with E-state index in [1.807, 2.05) is 0 Å². The van der Waals surface area contributed by atoms with E-state index in [9.17, 15) is 9.59 Å². The molecule has 0 fully saturated rings. The first-order valence-electron chi connectivity index (χ1n) is 5.09. The molecule has 92 valence electrons. The lowest BCUT2D eigenvalue weighted by Gasteiger charge is -2.03. The molecule has 6 heteroatoms. The lowest BCUT2D eigenvalue weighted by atomic mass is 10.1. The Labute approximate surface area is 102 Å². The van der Waals surface area contributed by atoms with Gasteiger partial charge in [0.25, 0.3) is 5.56 Å². The molecule has 2 aromatic rings. The number of nitrogens with one attached hydrogen (secondary N) is 1. The minimum Gasteiger partial charge on any atom is -0.497 e. The number of aromatic carboxylic acids is 1. The van der Waals surface area contributed by atoms with Gasteiger partial charge in [0.2, 0.25) is 5.82 Å². The summed E-state index contributed by atoms with van der Waals surface area (Å²) >= 11 is 0. The fourth-order valence-corrected chi connectivity index (χ4v) is 1.47. The van der Waals surface area contributed by atoms with Crippen LogP contribution in [0.3, 0.4) is 0 Å². The van der Waals surface area contributed by atoms with E-state index in [1.54, 1.807) is 31.4 Å². The number of hydrogen-bond acceptors (Lipinski definition) is 4. The average Bonchev–Trinajstić information content (AvgIpc) is 2.38. The van der Waals surface area contributed by atoms with Crippen molar-refractivity contribution >= 4 is 5.97 Å². The minimum absolute atomic E-state index is 0.304. The molecular formula is C12H10N2O4. The molecule has 0 atom stereocenters. The first-order valence-corrected chi connectivity index (χ1v) is 5.09. The zero-order chi connectivity index (χ0) is 13.1. The number of H-pyrrole nitrogens is 1.